The fourth-order valence-corrected chi connectivity index (χ4v) is 1.91. The van der Waals surface area contributed by atoms with Crippen molar-refractivity contribution in [2.75, 3.05) is 32.9 Å². The summed E-state index contributed by atoms with van der Waals surface area (Å²) in [6.45, 7) is 6.50. The fourth-order valence-electron chi connectivity index (χ4n) is 1.54. The highest BCUT2D eigenvalue weighted by Gasteiger charge is 1.95. The van der Waals surface area contributed by atoms with Crippen molar-refractivity contribution < 1.29 is 14.8 Å². The SMILES string of the molecule is CCCC[NH2+]CCOCCOc1cccc(Br)c1. The second-order valence-electron chi connectivity index (χ2n) is 4.14. The predicted molar refractivity (Wildman–Crippen MR) is 77.0 cm³/mol. The Kier molecular flexibility index (Phi) is 8.90. The third kappa shape index (κ3) is 7.69. The molecule has 0 aliphatic carbocycles. The molecule has 0 saturated carbocycles. The number of hydrogen-bond donors (Lipinski definition) is 1. The molecule has 1 aromatic carbocycles. The van der Waals surface area contributed by atoms with Crippen LogP contribution in [0.4, 0.5) is 0 Å². The lowest BCUT2D eigenvalue weighted by Gasteiger charge is -2.07. The van der Waals surface area contributed by atoms with Gasteiger partial charge in [-0.05, 0) is 24.6 Å². The lowest BCUT2D eigenvalue weighted by atomic mass is 10.3. The zero-order valence-corrected chi connectivity index (χ0v) is 12.6. The lowest BCUT2D eigenvalue weighted by Crippen LogP contribution is -2.85. The van der Waals surface area contributed by atoms with Gasteiger partial charge in [-0.15, -0.1) is 0 Å². The number of hydrogen-bond acceptors (Lipinski definition) is 2. The summed E-state index contributed by atoms with van der Waals surface area (Å²) in [7, 11) is 0. The molecule has 4 heteroatoms. The molecular weight excluding hydrogens is 294 g/mol. The second-order valence-corrected chi connectivity index (χ2v) is 5.05. The molecule has 0 unspecified atom stereocenters. The molecule has 1 aromatic rings. The van der Waals surface area contributed by atoms with Crippen molar-refractivity contribution in [1.29, 1.82) is 0 Å². The zero-order valence-electron chi connectivity index (χ0n) is 11.0. The summed E-state index contributed by atoms with van der Waals surface area (Å²) in [5, 5.41) is 2.30. The third-order valence-corrected chi connectivity index (χ3v) is 3.01. The first-order chi connectivity index (χ1) is 8.83. The van der Waals surface area contributed by atoms with Crippen molar-refractivity contribution in [2.24, 2.45) is 0 Å². The maximum absolute atomic E-state index is 5.57. The van der Waals surface area contributed by atoms with Crippen molar-refractivity contribution in [3.63, 3.8) is 0 Å². The summed E-state index contributed by atoms with van der Waals surface area (Å²) in [5.41, 5.74) is 0. The molecule has 0 atom stereocenters. The van der Waals surface area contributed by atoms with E-state index in [1.807, 2.05) is 24.3 Å². The van der Waals surface area contributed by atoms with Gasteiger partial charge < -0.3 is 14.8 Å². The number of rotatable bonds is 10. The van der Waals surface area contributed by atoms with Crippen LogP contribution in [0.25, 0.3) is 0 Å². The minimum Gasteiger partial charge on any atom is -0.491 e. The Hall–Kier alpha value is -0.580. The van der Waals surface area contributed by atoms with E-state index in [9.17, 15) is 0 Å². The molecule has 0 spiro atoms. The molecule has 1 rings (SSSR count). The van der Waals surface area contributed by atoms with Crippen molar-refractivity contribution in [3.05, 3.63) is 28.7 Å². The Morgan fingerprint density at radius 1 is 1.17 bits per heavy atom. The largest absolute Gasteiger partial charge is 0.491 e. The van der Waals surface area contributed by atoms with Gasteiger partial charge in [0.2, 0.25) is 0 Å². The molecule has 18 heavy (non-hydrogen) atoms. The van der Waals surface area contributed by atoms with Crippen LogP contribution in [0.2, 0.25) is 0 Å². The van der Waals surface area contributed by atoms with Crippen LogP contribution >= 0.6 is 15.9 Å². The molecule has 102 valence electrons. The van der Waals surface area contributed by atoms with E-state index in [2.05, 4.69) is 28.2 Å². The topological polar surface area (TPSA) is 35.1 Å². The first kappa shape index (κ1) is 15.5. The van der Waals surface area contributed by atoms with Gasteiger partial charge in [0.1, 0.15) is 12.4 Å². The standard InChI is InChI=1S/C14H22BrNO2/c1-2-3-7-16-8-9-17-10-11-18-14-6-4-5-13(15)12-14/h4-6,12,16H,2-3,7-11H2,1H3/p+1. The summed E-state index contributed by atoms with van der Waals surface area (Å²) in [6, 6.07) is 7.85. The molecule has 3 nitrogen and oxygen atoms in total. The van der Waals surface area contributed by atoms with Gasteiger partial charge in [-0.1, -0.05) is 35.3 Å². The summed E-state index contributed by atoms with van der Waals surface area (Å²) in [4.78, 5) is 0. The second kappa shape index (κ2) is 10.4. The number of ether oxygens (including phenoxy) is 2. The maximum atomic E-state index is 5.57. The van der Waals surface area contributed by atoms with E-state index in [4.69, 9.17) is 9.47 Å². The van der Waals surface area contributed by atoms with E-state index >= 15 is 0 Å². The molecule has 0 saturated heterocycles. The Balaban J connectivity index is 1.92. The molecule has 0 amide bonds. The lowest BCUT2D eigenvalue weighted by molar-refractivity contribution is -0.656. The zero-order chi connectivity index (χ0) is 13.1. The highest BCUT2D eigenvalue weighted by atomic mass is 79.9. The van der Waals surface area contributed by atoms with E-state index in [0.29, 0.717) is 13.2 Å². The fraction of sp³-hybridized carbons (Fsp3) is 0.571. The highest BCUT2D eigenvalue weighted by molar-refractivity contribution is 9.10. The molecule has 2 N–H and O–H groups in total. The first-order valence-corrected chi connectivity index (χ1v) is 7.40. The number of halogens is 1. The summed E-state index contributed by atoms with van der Waals surface area (Å²) in [6.07, 6.45) is 2.55. The van der Waals surface area contributed by atoms with Gasteiger partial charge in [0, 0.05) is 4.47 Å². The average molecular weight is 317 g/mol. The minimum atomic E-state index is 0.603. The van der Waals surface area contributed by atoms with Crippen LogP contribution < -0.4 is 10.1 Å². The van der Waals surface area contributed by atoms with Crippen molar-refractivity contribution in [1.82, 2.24) is 0 Å². The normalized spacial score (nSPS) is 10.6. The molecule has 0 bridgehead atoms. The summed E-state index contributed by atoms with van der Waals surface area (Å²) < 4.78 is 12.1. The number of benzene rings is 1. The van der Waals surface area contributed by atoms with Crippen LogP contribution in [-0.4, -0.2) is 32.9 Å². The number of unbranched alkanes of at least 4 members (excludes halogenated alkanes) is 1. The van der Waals surface area contributed by atoms with Crippen molar-refractivity contribution >= 4 is 15.9 Å². The highest BCUT2D eigenvalue weighted by Crippen LogP contribution is 2.17. The molecule has 0 radical (unpaired) electrons. The summed E-state index contributed by atoms with van der Waals surface area (Å²) >= 11 is 3.41. The van der Waals surface area contributed by atoms with Crippen LogP contribution in [-0.2, 0) is 4.74 Å². The van der Waals surface area contributed by atoms with Gasteiger partial charge in [0.15, 0.2) is 0 Å². The molecule has 0 heterocycles. The Morgan fingerprint density at radius 2 is 2.06 bits per heavy atom. The predicted octanol–water partition coefficient (Wildman–Crippen LogP) is 2.21. The Bertz CT molecular complexity index is 320. The van der Waals surface area contributed by atoms with Crippen molar-refractivity contribution in [3.8, 4) is 5.75 Å². The van der Waals surface area contributed by atoms with Crippen molar-refractivity contribution in [2.45, 2.75) is 19.8 Å². The molecule has 0 fully saturated rings. The maximum Gasteiger partial charge on any atom is 0.120 e. The van der Waals surface area contributed by atoms with E-state index in [0.717, 1.165) is 23.4 Å². The van der Waals surface area contributed by atoms with E-state index < -0.39 is 0 Å². The van der Waals surface area contributed by atoms with Crippen LogP contribution in [0.3, 0.4) is 0 Å². The Labute approximate surface area is 118 Å². The van der Waals surface area contributed by atoms with Crippen LogP contribution in [0.5, 0.6) is 5.75 Å². The third-order valence-electron chi connectivity index (χ3n) is 2.52. The Morgan fingerprint density at radius 3 is 2.83 bits per heavy atom. The van der Waals surface area contributed by atoms with Crippen LogP contribution in [0.1, 0.15) is 19.8 Å². The van der Waals surface area contributed by atoms with Crippen LogP contribution in [0, 0.1) is 0 Å². The molecular formula is C14H23BrNO2+. The number of nitrogens with two attached hydrogens (primary N) is 1. The molecule has 0 aromatic heterocycles. The smallest absolute Gasteiger partial charge is 0.120 e. The van der Waals surface area contributed by atoms with Gasteiger partial charge >= 0.3 is 0 Å². The molecule has 0 aliphatic rings. The van der Waals surface area contributed by atoms with E-state index in [-0.39, 0.29) is 0 Å². The van der Waals surface area contributed by atoms with Gasteiger partial charge in [0.05, 0.1) is 26.3 Å². The van der Waals surface area contributed by atoms with Gasteiger partial charge in [-0.25, -0.2) is 0 Å². The first-order valence-electron chi connectivity index (χ1n) is 6.60. The number of quaternary nitrogens is 1. The summed E-state index contributed by atoms with van der Waals surface area (Å²) in [5.74, 6) is 0.877. The minimum absolute atomic E-state index is 0.603. The average Bonchev–Trinajstić information content (AvgIpc) is 2.37. The van der Waals surface area contributed by atoms with E-state index in [1.54, 1.807) is 0 Å². The monoisotopic (exact) mass is 316 g/mol. The van der Waals surface area contributed by atoms with E-state index in [1.165, 1.54) is 19.4 Å². The molecule has 0 aliphatic heterocycles. The van der Waals surface area contributed by atoms with Gasteiger partial charge in [-0.3, -0.25) is 0 Å². The quantitative estimate of drug-likeness (QED) is 0.672. The van der Waals surface area contributed by atoms with Gasteiger partial charge in [-0.2, -0.15) is 0 Å². The van der Waals surface area contributed by atoms with Crippen LogP contribution in [0.15, 0.2) is 28.7 Å². The van der Waals surface area contributed by atoms with Gasteiger partial charge in [0.25, 0.3) is 0 Å².